The number of hydrogen-bond acceptors (Lipinski definition) is 3. The monoisotopic (exact) mass is 316 g/mol. The Morgan fingerprint density at radius 3 is 3.04 bits per heavy atom. The molecule has 2 aromatic rings. The SMILES string of the molecule is O=C(NCCC1CCCNC1)c1cn[nH]c1-c1ccccc1F. The molecule has 2 heterocycles. The highest BCUT2D eigenvalue weighted by atomic mass is 19.1. The lowest BCUT2D eigenvalue weighted by Gasteiger charge is -2.22. The molecule has 1 aromatic heterocycles. The first-order valence-electron chi connectivity index (χ1n) is 8.03. The minimum atomic E-state index is -0.376. The molecule has 1 amide bonds. The molecule has 1 aliphatic heterocycles. The fourth-order valence-electron chi connectivity index (χ4n) is 2.98. The summed E-state index contributed by atoms with van der Waals surface area (Å²) in [7, 11) is 0. The second kappa shape index (κ2) is 7.37. The molecule has 1 aromatic carbocycles. The van der Waals surface area contributed by atoms with E-state index in [-0.39, 0.29) is 11.7 Å². The maximum absolute atomic E-state index is 13.9. The van der Waals surface area contributed by atoms with Crippen molar-refractivity contribution >= 4 is 5.91 Å². The van der Waals surface area contributed by atoms with Crippen LogP contribution in [0.15, 0.2) is 30.5 Å². The van der Waals surface area contributed by atoms with Crippen LogP contribution in [-0.4, -0.2) is 35.7 Å². The molecule has 0 saturated carbocycles. The van der Waals surface area contributed by atoms with Crippen molar-refractivity contribution < 1.29 is 9.18 Å². The van der Waals surface area contributed by atoms with Crippen molar-refractivity contribution in [2.75, 3.05) is 19.6 Å². The quantitative estimate of drug-likeness (QED) is 0.793. The average molecular weight is 316 g/mol. The van der Waals surface area contributed by atoms with E-state index in [9.17, 15) is 9.18 Å². The van der Waals surface area contributed by atoms with Crippen LogP contribution < -0.4 is 10.6 Å². The van der Waals surface area contributed by atoms with E-state index in [1.165, 1.54) is 25.1 Å². The number of rotatable bonds is 5. The zero-order chi connectivity index (χ0) is 16.1. The van der Waals surface area contributed by atoms with Crippen molar-refractivity contribution in [3.63, 3.8) is 0 Å². The minimum absolute atomic E-state index is 0.222. The van der Waals surface area contributed by atoms with Gasteiger partial charge in [0.15, 0.2) is 0 Å². The van der Waals surface area contributed by atoms with Gasteiger partial charge in [0.05, 0.1) is 17.5 Å². The highest BCUT2D eigenvalue weighted by molar-refractivity contribution is 5.99. The molecule has 23 heavy (non-hydrogen) atoms. The largest absolute Gasteiger partial charge is 0.352 e. The molecule has 0 radical (unpaired) electrons. The maximum atomic E-state index is 13.9. The summed E-state index contributed by atoms with van der Waals surface area (Å²) in [5, 5.41) is 12.9. The second-order valence-electron chi connectivity index (χ2n) is 5.90. The number of carbonyl (C=O) groups is 1. The van der Waals surface area contributed by atoms with Crippen molar-refractivity contribution in [1.82, 2.24) is 20.8 Å². The normalized spacial score (nSPS) is 17.9. The minimum Gasteiger partial charge on any atom is -0.352 e. The lowest BCUT2D eigenvalue weighted by Crippen LogP contribution is -2.33. The van der Waals surface area contributed by atoms with E-state index in [1.807, 2.05) is 0 Å². The number of aromatic amines is 1. The van der Waals surface area contributed by atoms with Crippen LogP contribution >= 0.6 is 0 Å². The van der Waals surface area contributed by atoms with E-state index < -0.39 is 0 Å². The van der Waals surface area contributed by atoms with Gasteiger partial charge in [-0.3, -0.25) is 9.89 Å². The van der Waals surface area contributed by atoms with Crippen LogP contribution in [0, 0.1) is 11.7 Å². The third-order valence-corrected chi connectivity index (χ3v) is 4.26. The molecule has 3 N–H and O–H groups in total. The smallest absolute Gasteiger partial charge is 0.255 e. The van der Waals surface area contributed by atoms with Gasteiger partial charge in [0.2, 0.25) is 0 Å². The number of carbonyl (C=O) groups excluding carboxylic acids is 1. The Kier molecular flexibility index (Phi) is 5.02. The topological polar surface area (TPSA) is 69.8 Å². The lowest BCUT2D eigenvalue weighted by molar-refractivity contribution is 0.0951. The van der Waals surface area contributed by atoms with Crippen LogP contribution in [0.5, 0.6) is 0 Å². The number of nitrogens with zero attached hydrogens (tertiary/aromatic N) is 1. The molecule has 0 bridgehead atoms. The van der Waals surface area contributed by atoms with Crippen molar-refractivity contribution in [3.05, 3.63) is 41.8 Å². The van der Waals surface area contributed by atoms with E-state index in [1.54, 1.807) is 18.2 Å². The van der Waals surface area contributed by atoms with Gasteiger partial charge >= 0.3 is 0 Å². The molecule has 5 nitrogen and oxygen atoms in total. The Morgan fingerprint density at radius 2 is 2.26 bits per heavy atom. The van der Waals surface area contributed by atoms with Crippen LogP contribution in [-0.2, 0) is 0 Å². The highest BCUT2D eigenvalue weighted by Gasteiger charge is 2.18. The zero-order valence-corrected chi connectivity index (χ0v) is 12.9. The summed E-state index contributed by atoms with van der Waals surface area (Å²) >= 11 is 0. The number of nitrogens with one attached hydrogen (secondary N) is 3. The molecule has 3 rings (SSSR count). The average Bonchev–Trinajstić information content (AvgIpc) is 3.06. The number of hydrogen-bond donors (Lipinski definition) is 3. The van der Waals surface area contributed by atoms with Crippen molar-refractivity contribution in [1.29, 1.82) is 0 Å². The molecular weight excluding hydrogens is 295 g/mol. The number of H-pyrrole nitrogens is 1. The van der Waals surface area contributed by atoms with Gasteiger partial charge in [-0.2, -0.15) is 5.10 Å². The van der Waals surface area contributed by atoms with Crippen LogP contribution in [0.2, 0.25) is 0 Å². The fourth-order valence-corrected chi connectivity index (χ4v) is 2.98. The van der Waals surface area contributed by atoms with Gasteiger partial charge < -0.3 is 10.6 Å². The van der Waals surface area contributed by atoms with Gasteiger partial charge in [0.25, 0.3) is 5.91 Å². The van der Waals surface area contributed by atoms with Crippen LogP contribution in [0.4, 0.5) is 4.39 Å². The van der Waals surface area contributed by atoms with E-state index in [0.717, 1.165) is 19.5 Å². The van der Waals surface area contributed by atoms with Gasteiger partial charge in [0.1, 0.15) is 5.82 Å². The van der Waals surface area contributed by atoms with Gasteiger partial charge in [-0.25, -0.2) is 4.39 Å². The Balaban J connectivity index is 1.62. The van der Waals surface area contributed by atoms with Crippen molar-refractivity contribution in [3.8, 4) is 11.3 Å². The van der Waals surface area contributed by atoms with Crippen molar-refractivity contribution in [2.24, 2.45) is 5.92 Å². The number of piperidine rings is 1. The molecule has 0 spiro atoms. The number of halogens is 1. The number of amides is 1. The van der Waals surface area contributed by atoms with Crippen LogP contribution in [0.3, 0.4) is 0 Å². The highest BCUT2D eigenvalue weighted by Crippen LogP contribution is 2.23. The predicted molar refractivity (Wildman–Crippen MR) is 86.5 cm³/mol. The Bertz CT molecular complexity index is 664. The summed E-state index contributed by atoms with van der Waals surface area (Å²) in [6.07, 6.45) is 4.79. The summed E-state index contributed by atoms with van der Waals surface area (Å²) in [6, 6.07) is 6.35. The zero-order valence-electron chi connectivity index (χ0n) is 12.9. The molecular formula is C17H21FN4O. The summed E-state index contributed by atoms with van der Waals surface area (Å²) in [5.41, 5.74) is 1.14. The Morgan fingerprint density at radius 1 is 1.39 bits per heavy atom. The van der Waals surface area contributed by atoms with E-state index in [0.29, 0.717) is 29.3 Å². The van der Waals surface area contributed by atoms with Crippen LogP contribution in [0.25, 0.3) is 11.3 Å². The summed E-state index contributed by atoms with van der Waals surface area (Å²) in [4.78, 5) is 12.3. The van der Waals surface area contributed by atoms with Crippen LogP contribution in [0.1, 0.15) is 29.6 Å². The predicted octanol–water partition coefficient (Wildman–Crippen LogP) is 2.34. The molecule has 122 valence electrons. The van der Waals surface area contributed by atoms with Crippen molar-refractivity contribution in [2.45, 2.75) is 19.3 Å². The third kappa shape index (κ3) is 3.76. The van der Waals surface area contributed by atoms with Gasteiger partial charge in [-0.15, -0.1) is 0 Å². The summed E-state index contributed by atoms with van der Waals surface area (Å²) < 4.78 is 13.9. The number of aromatic nitrogens is 2. The summed E-state index contributed by atoms with van der Waals surface area (Å²) in [6.45, 7) is 2.72. The first kappa shape index (κ1) is 15.7. The molecule has 0 aliphatic carbocycles. The maximum Gasteiger partial charge on any atom is 0.255 e. The molecule has 1 saturated heterocycles. The Hall–Kier alpha value is -2.21. The second-order valence-corrected chi connectivity index (χ2v) is 5.90. The Labute approximate surface area is 134 Å². The first-order valence-corrected chi connectivity index (χ1v) is 8.03. The molecule has 1 unspecified atom stereocenters. The van der Waals surface area contributed by atoms with E-state index >= 15 is 0 Å². The molecule has 1 aliphatic rings. The van der Waals surface area contributed by atoms with Gasteiger partial charge in [-0.05, 0) is 50.4 Å². The first-order chi connectivity index (χ1) is 11.3. The standard InChI is InChI=1S/C17H21FN4O/c18-15-6-2-1-5-13(15)16-14(11-21-22-16)17(23)20-9-7-12-4-3-8-19-10-12/h1-2,5-6,11-12,19H,3-4,7-10H2,(H,20,23)(H,21,22). The lowest BCUT2D eigenvalue weighted by atomic mass is 9.96. The summed E-state index contributed by atoms with van der Waals surface area (Å²) in [5.74, 6) is 0.0132. The van der Waals surface area contributed by atoms with E-state index in [4.69, 9.17) is 0 Å². The van der Waals surface area contributed by atoms with Gasteiger partial charge in [0, 0.05) is 12.1 Å². The molecule has 6 heteroatoms. The molecule has 1 fully saturated rings. The number of benzene rings is 1. The van der Waals surface area contributed by atoms with Gasteiger partial charge in [-0.1, -0.05) is 12.1 Å². The van der Waals surface area contributed by atoms with E-state index in [2.05, 4.69) is 20.8 Å². The molecule has 1 atom stereocenters. The third-order valence-electron chi connectivity index (χ3n) is 4.26. The fraction of sp³-hybridized carbons (Fsp3) is 0.412.